The highest BCUT2D eigenvalue weighted by Crippen LogP contribution is 2.12. The second-order valence-electron chi connectivity index (χ2n) is 5.83. The lowest BCUT2D eigenvalue weighted by Crippen LogP contribution is -2.48. The zero-order chi connectivity index (χ0) is 16.2. The van der Waals surface area contributed by atoms with Gasteiger partial charge in [0.2, 0.25) is 0 Å². The zero-order valence-electron chi connectivity index (χ0n) is 13.6. The summed E-state index contributed by atoms with van der Waals surface area (Å²) in [5, 5.41) is 4.28. The summed E-state index contributed by atoms with van der Waals surface area (Å²) in [4.78, 5) is 25.0. The van der Waals surface area contributed by atoms with Crippen molar-refractivity contribution in [3.8, 4) is 0 Å². The Morgan fingerprint density at radius 1 is 1.04 bits per heavy atom. The highest BCUT2D eigenvalue weighted by Gasteiger charge is 2.18. The fraction of sp³-hybridized carbons (Fsp3) is 0.500. The molecule has 0 N–H and O–H groups in total. The molecule has 1 saturated heterocycles. The lowest BCUT2D eigenvalue weighted by molar-refractivity contribution is 0.242. The van der Waals surface area contributed by atoms with Gasteiger partial charge < -0.3 is 4.90 Å². The number of anilines is 1. The van der Waals surface area contributed by atoms with Gasteiger partial charge in [-0.25, -0.2) is 14.6 Å². The normalized spacial score (nSPS) is 15.8. The molecule has 7 nitrogen and oxygen atoms in total. The minimum atomic E-state index is -0.0364. The highest BCUT2D eigenvalue weighted by molar-refractivity contribution is 5.37. The largest absolute Gasteiger partial charge is 0.354 e. The van der Waals surface area contributed by atoms with Gasteiger partial charge in [-0.05, 0) is 26.0 Å². The molecular formula is C16H22N6O. The molecule has 1 aliphatic heterocycles. The van der Waals surface area contributed by atoms with Gasteiger partial charge in [-0.15, -0.1) is 0 Å². The highest BCUT2D eigenvalue weighted by atomic mass is 16.1. The predicted molar refractivity (Wildman–Crippen MR) is 88.7 cm³/mol. The molecular weight excluding hydrogens is 292 g/mol. The molecule has 0 bridgehead atoms. The second kappa shape index (κ2) is 6.87. The first-order valence-electron chi connectivity index (χ1n) is 7.93. The van der Waals surface area contributed by atoms with Gasteiger partial charge in [0.15, 0.2) is 0 Å². The van der Waals surface area contributed by atoms with Gasteiger partial charge in [0.05, 0.1) is 12.2 Å². The molecule has 0 aromatic carbocycles. The number of rotatable bonds is 4. The van der Waals surface area contributed by atoms with E-state index in [0.29, 0.717) is 6.54 Å². The SMILES string of the molecule is Cc1ccc(=O)n(CCN2CCN(c3ccnc(C)n3)CC2)n1. The van der Waals surface area contributed by atoms with Crippen molar-refractivity contribution in [1.82, 2.24) is 24.6 Å². The van der Waals surface area contributed by atoms with Crippen LogP contribution in [0, 0.1) is 13.8 Å². The summed E-state index contributed by atoms with van der Waals surface area (Å²) < 4.78 is 1.55. The summed E-state index contributed by atoms with van der Waals surface area (Å²) in [6.07, 6.45) is 1.81. The van der Waals surface area contributed by atoms with Crippen molar-refractivity contribution in [3.05, 3.63) is 46.3 Å². The zero-order valence-corrected chi connectivity index (χ0v) is 13.6. The number of hydrogen-bond donors (Lipinski definition) is 0. The summed E-state index contributed by atoms with van der Waals surface area (Å²) in [5.74, 6) is 1.79. The van der Waals surface area contributed by atoms with Crippen LogP contribution in [0.3, 0.4) is 0 Å². The van der Waals surface area contributed by atoms with E-state index in [1.165, 1.54) is 0 Å². The van der Waals surface area contributed by atoms with Crippen LogP contribution in [0.5, 0.6) is 0 Å². The van der Waals surface area contributed by atoms with Crippen LogP contribution < -0.4 is 10.5 Å². The molecule has 2 aromatic rings. The Labute approximate surface area is 135 Å². The van der Waals surface area contributed by atoms with Crippen molar-refractivity contribution in [3.63, 3.8) is 0 Å². The van der Waals surface area contributed by atoms with Crippen LogP contribution in [0.1, 0.15) is 11.5 Å². The van der Waals surface area contributed by atoms with Crippen LogP contribution in [-0.2, 0) is 6.54 Å². The van der Waals surface area contributed by atoms with E-state index >= 15 is 0 Å². The summed E-state index contributed by atoms with van der Waals surface area (Å²) in [6, 6.07) is 5.29. The van der Waals surface area contributed by atoms with Gasteiger partial charge in [-0.3, -0.25) is 9.69 Å². The summed E-state index contributed by atoms with van der Waals surface area (Å²) in [6.45, 7) is 9.08. The quantitative estimate of drug-likeness (QED) is 0.817. The van der Waals surface area contributed by atoms with Crippen LogP contribution in [0.25, 0.3) is 0 Å². The summed E-state index contributed by atoms with van der Waals surface area (Å²) >= 11 is 0. The number of aryl methyl sites for hydroxylation is 2. The molecule has 1 aliphatic rings. The predicted octanol–water partition coefficient (Wildman–Crippen LogP) is 0.472. The summed E-state index contributed by atoms with van der Waals surface area (Å²) in [5.41, 5.74) is 0.833. The first-order chi connectivity index (χ1) is 11.1. The number of piperazine rings is 1. The van der Waals surface area contributed by atoms with Gasteiger partial charge in [0.1, 0.15) is 11.6 Å². The second-order valence-corrected chi connectivity index (χ2v) is 5.83. The molecule has 0 radical (unpaired) electrons. The molecule has 122 valence electrons. The number of aromatic nitrogens is 4. The first-order valence-corrected chi connectivity index (χ1v) is 7.93. The Balaban J connectivity index is 1.53. The van der Waals surface area contributed by atoms with Gasteiger partial charge in [-0.2, -0.15) is 5.10 Å². The molecule has 23 heavy (non-hydrogen) atoms. The number of hydrogen-bond acceptors (Lipinski definition) is 6. The Morgan fingerprint density at radius 3 is 2.57 bits per heavy atom. The van der Waals surface area contributed by atoms with Gasteiger partial charge in [0.25, 0.3) is 5.56 Å². The van der Waals surface area contributed by atoms with Crippen molar-refractivity contribution in [2.24, 2.45) is 0 Å². The average Bonchev–Trinajstić information content (AvgIpc) is 2.56. The topological polar surface area (TPSA) is 67.2 Å². The first kappa shape index (κ1) is 15.6. The van der Waals surface area contributed by atoms with Crippen LogP contribution in [0.15, 0.2) is 29.2 Å². The third-order valence-corrected chi connectivity index (χ3v) is 4.09. The Morgan fingerprint density at radius 2 is 1.83 bits per heavy atom. The molecule has 3 rings (SSSR count). The fourth-order valence-electron chi connectivity index (χ4n) is 2.77. The van der Waals surface area contributed by atoms with Crippen molar-refractivity contribution < 1.29 is 0 Å². The van der Waals surface area contributed by atoms with E-state index in [1.807, 2.05) is 19.9 Å². The minimum Gasteiger partial charge on any atom is -0.354 e. The van der Waals surface area contributed by atoms with Crippen molar-refractivity contribution in [1.29, 1.82) is 0 Å². The van der Waals surface area contributed by atoms with Crippen LogP contribution >= 0.6 is 0 Å². The molecule has 2 aromatic heterocycles. The molecule has 7 heteroatoms. The maximum absolute atomic E-state index is 11.8. The van der Waals surface area contributed by atoms with E-state index in [4.69, 9.17) is 0 Å². The van der Waals surface area contributed by atoms with E-state index in [1.54, 1.807) is 23.0 Å². The molecule has 0 atom stereocenters. The van der Waals surface area contributed by atoms with Gasteiger partial charge in [0, 0.05) is 45.0 Å². The third kappa shape index (κ3) is 3.92. The number of nitrogens with zero attached hydrogens (tertiary/aromatic N) is 6. The molecule has 3 heterocycles. The lowest BCUT2D eigenvalue weighted by atomic mass is 10.3. The lowest BCUT2D eigenvalue weighted by Gasteiger charge is -2.35. The van der Waals surface area contributed by atoms with Gasteiger partial charge in [-0.1, -0.05) is 0 Å². The van der Waals surface area contributed by atoms with Crippen LogP contribution in [-0.4, -0.2) is 57.4 Å². The summed E-state index contributed by atoms with van der Waals surface area (Å²) in [7, 11) is 0. The monoisotopic (exact) mass is 314 g/mol. The molecule has 0 spiro atoms. The van der Waals surface area contributed by atoms with Crippen molar-refractivity contribution in [2.75, 3.05) is 37.6 Å². The van der Waals surface area contributed by atoms with Crippen molar-refractivity contribution >= 4 is 5.82 Å². The van der Waals surface area contributed by atoms with Crippen molar-refractivity contribution in [2.45, 2.75) is 20.4 Å². The Bertz CT molecular complexity index is 721. The fourth-order valence-corrected chi connectivity index (χ4v) is 2.77. The molecule has 0 unspecified atom stereocenters. The van der Waals surface area contributed by atoms with E-state index in [9.17, 15) is 4.79 Å². The maximum atomic E-state index is 11.8. The molecule has 0 amide bonds. The Kier molecular flexibility index (Phi) is 4.66. The van der Waals surface area contributed by atoms with E-state index in [-0.39, 0.29) is 5.56 Å². The molecule has 1 fully saturated rings. The van der Waals surface area contributed by atoms with E-state index < -0.39 is 0 Å². The van der Waals surface area contributed by atoms with Crippen LogP contribution in [0.2, 0.25) is 0 Å². The van der Waals surface area contributed by atoms with Crippen LogP contribution in [0.4, 0.5) is 5.82 Å². The minimum absolute atomic E-state index is 0.0364. The maximum Gasteiger partial charge on any atom is 0.266 e. The van der Waals surface area contributed by atoms with E-state index in [2.05, 4.69) is 24.9 Å². The van der Waals surface area contributed by atoms with E-state index in [0.717, 1.165) is 50.1 Å². The molecule has 0 aliphatic carbocycles. The average molecular weight is 314 g/mol. The van der Waals surface area contributed by atoms with Gasteiger partial charge >= 0.3 is 0 Å². The molecule has 0 saturated carbocycles. The third-order valence-electron chi connectivity index (χ3n) is 4.09. The Hall–Kier alpha value is -2.28. The smallest absolute Gasteiger partial charge is 0.266 e. The standard InChI is InChI=1S/C16H22N6O/c1-13-3-4-16(23)22(19-13)12-9-20-7-10-21(11-8-20)15-5-6-17-14(2)18-15/h3-6H,7-12H2,1-2H3.